The minimum atomic E-state index is 0.150. The van der Waals surface area contributed by atoms with Gasteiger partial charge in [-0.1, -0.05) is 20.8 Å². The summed E-state index contributed by atoms with van der Waals surface area (Å²) in [5, 5.41) is 0. The van der Waals surface area contributed by atoms with Crippen molar-refractivity contribution >= 4 is 5.91 Å². The van der Waals surface area contributed by atoms with Gasteiger partial charge in [-0.2, -0.15) is 0 Å². The monoisotopic (exact) mass is 315 g/mol. The van der Waals surface area contributed by atoms with E-state index in [9.17, 15) is 4.79 Å². The minimum Gasteiger partial charge on any atom is -0.491 e. The van der Waals surface area contributed by atoms with E-state index in [0.717, 1.165) is 30.7 Å². The van der Waals surface area contributed by atoms with E-state index in [-0.39, 0.29) is 17.4 Å². The second-order valence-corrected chi connectivity index (χ2v) is 8.84. The number of hydrogen-bond donors (Lipinski definition) is 0. The number of fused-ring (bicyclic) bond motifs is 2. The molecule has 2 bridgehead atoms. The van der Waals surface area contributed by atoms with Crippen molar-refractivity contribution in [3.8, 4) is 5.75 Å². The maximum atomic E-state index is 13.0. The van der Waals surface area contributed by atoms with Gasteiger partial charge in [-0.25, -0.2) is 0 Å². The Labute approximate surface area is 140 Å². The molecule has 1 saturated heterocycles. The molecule has 1 aromatic carbocycles. The number of carbonyl (C=O) groups is 1. The third-order valence-electron chi connectivity index (χ3n) is 5.15. The Morgan fingerprint density at radius 3 is 2.43 bits per heavy atom. The van der Waals surface area contributed by atoms with Gasteiger partial charge in [-0.3, -0.25) is 4.79 Å². The molecule has 3 heteroatoms. The highest BCUT2D eigenvalue weighted by molar-refractivity contribution is 5.94. The number of rotatable bonds is 3. The SMILES string of the molecule is CC(C)Oc1ccc(C(=O)N2CC3(C)CC2CC(C)(C)C3)cc1. The molecule has 0 N–H and O–H groups in total. The Hall–Kier alpha value is -1.51. The fraction of sp³-hybridized carbons (Fsp3) is 0.650. The highest BCUT2D eigenvalue weighted by atomic mass is 16.5. The van der Waals surface area contributed by atoms with Crippen LogP contribution in [0, 0.1) is 10.8 Å². The molecule has 0 radical (unpaired) electrons. The molecule has 3 rings (SSSR count). The van der Waals surface area contributed by atoms with Crippen molar-refractivity contribution in [3.05, 3.63) is 29.8 Å². The maximum Gasteiger partial charge on any atom is 0.254 e. The summed E-state index contributed by atoms with van der Waals surface area (Å²) in [4.78, 5) is 15.1. The van der Waals surface area contributed by atoms with Gasteiger partial charge in [0.05, 0.1) is 6.10 Å². The number of carbonyl (C=O) groups excluding carboxylic acids is 1. The Balaban J connectivity index is 1.76. The van der Waals surface area contributed by atoms with Gasteiger partial charge in [0.1, 0.15) is 5.75 Å². The Kier molecular flexibility index (Phi) is 3.94. The predicted molar refractivity (Wildman–Crippen MR) is 92.8 cm³/mol. The Morgan fingerprint density at radius 1 is 1.17 bits per heavy atom. The lowest BCUT2D eigenvalue weighted by atomic mass is 9.65. The maximum absolute atomic E-state index is 13.0. The second kappa shape index (κ2) is 5.54. The molecule has 126 valence electrons. The van der Waals surface area contributed by atoms with E-state index in [0.29, 0.717) is 11.5 Å². The van der Waals surface area contributed by atoms with Crippen molar-refractivity contribution < 1.29 is 9.53 Å². The summed E-state index contributed by atoms with van der Waals surface area (Å²) in [5.41, 5.74) is 1.39. The molecule has 1 saturated carbocycles. The van der Waals surface area contributed by atoms with Crippen molar-refractivity contribution in [2.45, 2.75) is 66.0 Å². The molecule has 2 atom stereocenters. The molecular weight excluding hydrogens is 286 g/mol. The van der Waals surface area contributed by atoms with Crippen LogP contribution in [0.25, 0.3) is 0 Å². The lowest BCUT2D eigenvalue weighted by molar-refractivity contribution is 0.0708. The van der Waals surface area contributed by atoms with Gasteiger partial charge >= 0.3 is 0 Å². The minimum absolute atomic E-state index is 0.150. The quantitative estimate of drug-likeness (QED) is 0.821. The standard InChI is InChI=1S/C20H29NO2/c1-14(2)23-17-8-6-15(7-9-17)18(22)21-13-20(5)11-16(21)10-19(3,4)12-20/h6-9,14,16H,10-13H2,1-5H3. The van der Waals surface area contributed by atoms with Crippen LogP contribution in [0.15, 0.2) is 24.3 Å². The molecule has 2 fully saturated rings. The van der Waals surface area contributed by atoms with Gasteiger partial charge in [0.25, 0.3) is 5.91 Å². The van der Waals surface area contributed by atoms with Crippen molar-refractivity contribution in [3.63, 3.8) is 0 Å². The lowest BCUT2D eigenvalue weighted by Crippen LogP contribution is -2.37. The normalized spacial score (nSPS) is 29.0. The van der Waals surface area contributed by atoms with Crippen molar-refractivity contribution in [1.82, 2.24) is 4.90 Å². The first kappa shape index (κ1) is 16.4. The third kappa shape index (κ3) is 3.39. The number of amides is 1. The van der Waals surface area contributed by atoms with Crippen LogP contribution in [0.3, 0.4) is 0 Å². The molecule has 1 aliphatic heterocycles. The van der Waals surface area contributed by atoms with Crippen molar-refractivity contribution in [1.29, 1.82) is 0 Å². The van der Waals surface area contributed by atoms with Gasteiger partial charge in [-0.15, -0.1) is 0 Å². The fourth-order valence-corrected chi connectivity index (χ4v) is 4.81. The number of nitrogens with zero attached hydrogens (tertiary/aromatic N) is 1. The number of benzene rings is 1. The van der Waals surface area contributed by atoms with E-state index in [1.54, 1.807) is 0 Å². The molecule has 2 unspecified atom stereocenters. The smallest absolute Gasteiger partial charge is 0.254 e. The molecule has 1 heterocycles. The number of likely N-dealkylation sites (tertiary alicyclic amines) is 1. The van der Waals surface area contributed by atoms with E-state index >= 15 is 0 Å². The van der Waals surface area contributed by atoms with Crippen LogP contribution in [0.2, 0.25) is 0 Å². The summed E-state index contributed by atoms with van der Waals surface area (Å²) < 4.78 is 5.66. The summed E-state index contributed by atoms with van der Waals surface area (Å²) in [5.74, 6) is 0.998. The molecular formula is C20H29NO2. The van der Waals surface area contributed by atoms with Gasteiger partial charge in [0, 0.05) is 18.2 Å². The average Bonchev–Trinajstić information content (AvgIpc) is 2.67. The van der Waals surface area contributed by atoms with Gasteiger partial charge < -0.3 is 9.64 Å². The first-order valence-corrected chi connectivity index (χ1v) is 8.75. The van der Waals surface area contributed by atoms with Crippen LogP contribution in [0.5, 0.6) is 5.75 Å². The molecule has 0 aromatic heterocycles. The van der Waals surface area contributed by atoms with Gasteiger partial charge in [0.2, 0.25) is 0 Å². The summed E-state index contributed by atoms with van der Waals surface area (Å²) in [7, 11) is 0. The van der Waals surface area contributed by atoms with Crippen LogP contribution < -0.4 is 4.74 Å². The molecule has 1 aromatic rings. The zero-order valence-corrected chi connectivity index (χ0v) is 15.1. The highest BCUT2D eigenvalue weighted by Gasteiger charge is 2.50. The number of ether oxygens (including phenoxy) is 1. The largest absolute Gasteiger partial charge is 0.491 e. The summed E-state index contributed by atoms with van der Waals surface area (Å²) in [6.07, 6.45) is 3.62. The molecule has 23 heavy (non-hydrogen) atoms. The van der Waals surface area contributed by atoms with E-state index in [4.69, 9.17) is 4.74 Å². The Bertz CT molecular complexity index is 590. The van der Waals surface area contributed by atoms with Gasteiger partial charge in [-0.05, 0) is 68.2 Å². The summed E-state index contributed by atoms with van der Waals surface area (Å²) >= 11 is 0. The summed E-state index contributed by atoms with van der Waals surface area (Å²) in [6.45, 7) is 11.9. The van der Waals surface area contributed by atoms with Crippen LogP contribution in [-0.2, 0) is 0 Å². The average molecular weight is 315 g/mol. The number of hydrogen-bond acceptors (Lipinski definition) is 2. The van der Waals surface area contributed by atoms with Crippen LogP contribution >= 0.6 is 0 Å². The predicted octanol–water partition coefficient (Wildman–Crippen LogP) is 4.51. The first-order valence-electron chi connectivity index (χ1n) is 8.75. The second-order valence-electron chi connectivity index (χ2n) is 8.84. The molecule has 2 aliphatic rings. The first-order chi connectivity index (χ1) is 10.7. The van der Waals surface area contributed by atoms with Gasteiger partial charge in [0.15, 0.2) is 0 Å². The third-order valence-corrected chi connectivity index (χ3v) is 5.15. The molecule has 1 amide bonds. The van der Waals surface area contributed by atoms with Crippen LogP contribution in [0.4, 0.5) is 0 Å². The van der Waals surface area contributed by atoms with E-state index in [2.05, 4.69) is 25.7 Å². The molecule has 0 spiro atoms. The fourth-order valence-electron chi connectivity index (χ4n) is 4.81. The van der Waals surface area contributed by atoms with Crippen LogP contribution in [0.1, 0.15) is 64.2 Å². The summed E-state index contributed by atoms with van der Waals surface area (Å²) in [6, 6.07) is 8.00. The molecule has 3 nitrogen and oxygen atoms in total. The van der Waals surface area contributed by atoms with Crippen LogP contribution in [-0.4, -0.2) is 29.5 Å². The van der Waals surface area contributed by atoms with Crippen molar-refractivity contribution in [2.24, 2.45) is 10.8 Å². The highest BCUT2D eigenvalue weighted by Crippen LogP contribution is 2.52. The molecule has 1 aliphatic carbocycles. The van der Waals surface area contributed by atoms with E-state index in [1.165, 1.54) is 6.42 Å². The zero-order chi connectivity index (χ0) is 16.8. The van der Waals surface area contributed by atoms with E-state index in [1.807, 2.05) is 38.1 Å². The van der Waals surface area contributed by atoms with E-state index < -0.39 is 0 Å². The Morgan fingerprint density at radius 2 is 1.83 bits per heavy atom. The zero-order valence-electron chi connectivity index (χ0n) is 15.1. The lowest BCUT2D eigenvalue weighted by Gasteiger charge is -2.39. The topological polar surface area (TPSA) is 29.5 Å². The van der Waals surface area contributed by atoms with Crippen molar-refractivity contribution in [2.75, 3.05) is 6.54 Å².